The van der Waals surface area contributed by atoms with Gasteiger partial charge in [0.1, 0.15) is 0 Å². The minimum atomic E-state index is -2.25. The van der Waals surface area contributed by atoms with E-state index in [0.717, 1.165) is 0 Å². The molecule has 0 aliphatic heterocycles. The zero-order chi connectivity index (χ0) is 9.94. The molecule has 0 saturated carbocycles. The normalized spacial score (nSPS) is 13.5. The van der Waals surface area contributed by atoms with E-state index in [1.54, 1.807) is 0 Å². The van der Waals surface area contributed by atoms with Crippen molar-refractivity contribution in [2.75, 3.05) is 0 Å². The van der Waals surface area contributed by atoms with E-state index in [4.69, 9.17) is 14.3 Å². The fourth-order valence-electron chi connectivity index (χ4n) is 1.05. The molecule has 0 aromatic heterocycles. The fraction of sp³-hybridized carbons (Fsp3) is 1.00. The van der Waals surface area contributed by atoms with Gasteiger partial charge in [-0.3, -0.25) is 0 Å². The van der Waals surface area contributed by atoms with Crippen LogP contribution in [0.3, 0.4) is 0 Å². The summed E-state index contributed by atoms with van der Waals surface area (Å²) in [5, 5.41) is 0. The molecule has 0 aromatic rings. The Morgan fingerprint density at radius 1 is 1.08 bits per heavy atom. The molecule has 0 saturated heterocycles. The lowest BCUT2D eigenvalue weighted by Gasteiger charge is -2.37. The van der Waals surface area contributed by atoms with Crippen molar-refractivity contribution in [3.05, 3.63) is 0 Å². The quantitative estimate of drug-likeness (QED) is 0.675. The minimum absolute atomic E-state index is 0.266. The Morgan fingerprint density at radius 3 is 1.50 bits per heavy atom. The number of rotatable bonds is 4. The molecule has 0 spiro atoms. The average molecular weight is 194 g/mol. The van der Waals surface area contributed by atoms with Crippen molar-refractivity contribution in [3.63, 3.8) is 0 Å². The predicted molar refractivity (Wildman–Crippen MR) is 50.5 cm³/mol. The van der Waals surface area contributed by atoms with Crippen LogP contribution in [-0.4, -0.2) is 15.4 Å². The van der Waals surface area contributed by atoms with Gasteiger partial charge in [-0.05, 0) is 18.8 Å². The van der Waals surface area contributed by atoms with Crippen molar-refractivity contribution >= 4 is 8.60 Å². The van der Waals surface area contributed by atoms with Gasteiger partial charge in [0.05, 0.1) is 5.60 Å². The summed E-state index contributed by atoms with van der Waals surface area (Å²) in [4.78, 5) is 17.6. The zero-order valence-corrected chi connectivity index (χ0v) is 9.30. The summed E-state index contributed by atoms with van der Waals surface area (Å²) >= 11 is 0. The molecule has 0 aromatic carbocycles. The highest BCUT2D eigenvalue weighted by molar-refractivity contribution is 7.39. The molecule has 0 rings (SSSR count). The van der Waals surface area contributed by atoms with Gasteiger partial charge in [0.25, 0.3) is 0 Å². The lowest BCUT2D eigenvalue weighted by Crippen LogP contribution is -2.38. The molecule has 0 fully saturated rings. The maximum atomic E-state index is 8.78. The second kappa shape index (κ2) is 4.52. The highest BCUT2D eigenvalue weighted by Gasteiger charge is 2.35. The van der Waals surface area contributed by atoms with E-state index in [1.165, 1.54) is 0 Å². The smallest absolute Gasteiger partial charge is 0.327 e. The summed E-state index contributed by atoms with van der Waals surface area (Å²) in [6.07, 6.45) is 0. The summed E-state index contributed by atoms with van der Waals surface area (Å²) in [6.45, 7) is 9.96. The first-order valence-corrected chi connectivity index (χ1v) is 5.34. The summed E-state index contributed by atoms with van der Waals surface area (Å²) in [7, 11) is -2.25. The molecule has 74 valence electrons. The predicted octanol–water partition coefficient (Wildman–Crippen LogP) is 2.29. The third-order valence-corrected chi connectivity index (χ3v) is 3.13. The van der Waals surface area contributed by atoms with E-state index in [2.05, 4.69) is 0 Å². The average Bonchev–Trinajstić information content (AvgIpc) is 1.84. The van der Waals surface area contributed by atoms with E-state index >= 15 is 0 Å². The van der Waals surface area contributed by atoms with Crippen LogP contribution in [0.15, 0.2) is 0 Å². The number of hydrogen-bond donors (Lipinski definition) is 2. The molecule has 0 aliphatic carbocycles. The molecular weight excluding hydrogens is 175 g/mol. The van der Waals surface area contributed by atoms with Gasteiger partial charge in [-0.15, -0.1) is 0 Å². The molecule has 0 amide bonds. The van der Waals surface area contributed by atoms with Crippen molar-refractivity contribution in [3.8, 4) is 0 Å². The van der Waals surface area contributed by atoms with E-state index in [0.29, 0.717) is 0 Å². The van der Waals surface area contributed by atoms with Crippen LogP contribution in [0.2, 0.25) is 0 Å². The minimum Gasteiger partial charge on any atom is -0.328 e. The van der Waals surface area contributed by atoms with Gasteiger partial charge < -0.3 is 14.3 Å². The van der Waals surface area contributed by atoms with E-state index in [9.17, 15) is 0 Å². The van der Waals surface area contributed by atoms with Crippen LogP contribution < -0.4 is 0 Å². The maximum absolute atomic E-state index is 8.78. The second-order valence-corrected chi connectivity index (χ2v) is 4.53. The van der Waals surface area contributed by atoms with Gasteiger partial charge in [-0.1, -0.05) is 27.7 Å². The lowest BCUT2D eigenvalue weighted by atomic mass is 9.82. The summed E-state index contributed by atoms with van der Waals surface area (Å²) < 4.78 is 5.14. The first-order valence-electron chi connectivity index (χ1n) is 4.17. The Bertz CT molecular complexity index is 126. The zero-order valence-electron chi connectivity index (χ0n) is 8.40. The topological polar surface area (TPSA) is 49.7 Å². The summed E-state index contributed by atoms with van der Waals surface area (Å²) in [6, 6.07) is 0. The first-order chi connectivity index (χ1) is 5.30. The van der Waals surface area contributed by atoms with Crippen molar-refractivity contribution in [2.45, 2.75) is 40.2 Å². The molecule has 0 aliphatic rings. The van der Waals surface area contributed by atoms with Crippen molar-refractivity contribution in [1.29, 1.82) is 0 Å². The molecule has 12 heavy (non-hydrogen) atoms. The Kier molecular flexibility index (Phi) is 4.64. The summed E-state index contributed by atoms with van der Waals surface area (Å²) in [5.41, 5.74) is -0.449. The number of hydrogen-bond acceptors (Lipinski definition) is 3. The Labute approximate surface area is 75.8 Å². The van der Waals surface area contributed by atoms with Crippen LogP contribution in [-0.2, 0) is 4.52 Å². The van der Waals surface area contributed by atoms with E-state index < -0.39 is 14.2 Å². The Balaban J connectivity index is 4.40. The SMILES string of the molecule is CC(C)C(C)(OP(O)O)C(C)C. The van der Waals surface area contributed by atoms with Crippen LogP contribution in [0.5, 0.6) is 0 Å². The maximum Gasteiger partial charge on any atom is 0.327 e. The molecule has 4 heteroatoms. The van der Waals surface area contributed by atoms with Gasteiger partial charge in [-0.25, -0.2) is 0 Å². The standard InChI is InChI=1S/C8H19O3P/c1-6(2)8(5,7(3)4)11-12(9)10/h6-7,9-10H,1-5H3. The molecule has 0 heterocycles. The van der Waals surface area contributed by atoms with Crippen LogP contribution in [0.1, 0.15) is 34.6 Å². The highest BCUT2D eigenvalue weighted by atomic mass is 31.2. The van der Waals surface area contributed by atoms with Crippen LogP contribution in [0.4, 0.5) is 0 Å². The Hall–Kier alpha value is 0.310. The molecule has 0 unspecified atom stereocenters. The van der Waals surface area contributed by atoms with Crippen LogP contribution in [0.25, 0.3) is 0 Å². The third kappa shape index (κ3) is 2.98. The lowest BCUT2D eigenvalue weighted by molar-refractivity contribution is -0.0127. The van der Waals surface area contributed by atoms with Crippen molar-refractivity contribution in [1.82, 2.24) is 0 Å². The van der Waals surface area contributed by atoms with Gasteiger partial charge >= 0.3 is 8.60 Å². The van der Waals surface area contributed by atoms with Crippen LogP contribution in [0, 0.1) is 11.8 Å². The fourth-order valence-corrected chi connectivity index (χ4v) is 1.83. The van der Waals surface area contributed by atoms with E-state index in [1.807, 2.05) is 34.6 Å². The first kappa shape index (κ1) is 12.3. The second-order valence-electron chi connectivity index (χ2n) is 3.84. The molecule has 2 N–H and O–H groups in total. The Morgan fingerprint density at radius 2 is 1.42 bits per heavy atom. The monoisotopic (exact) mass is 194 g/mol. The van der Waals surface area contributed by atoms with Crippen molar-refractivity contribution < 1.29 is 14.3 Å². The third-order valence-electron chi connectivity index (χ3n) is 2.57. The van der Waals surface area contributed by atoms with E-state index in [-0.39, 0.29) is 11.8 Å². The molecule has 0 atom stereocenters. The summed E-state index contributed by atoms with van der Waals surface area (Å²) in [5.74, 6) is 0.531. The van der Waals surface area contributed by atoms with Crippen molar-refractivity contribution in [2.24, 2.45) is 11.8 Å². The largest absolute Gasteiger partial charge is 0.328 e. The molecular formula is C8H19O3P. The highest BCUT2D eigenvalue weighted by Crippen LogP contribution is 2.40. The van der Waals surface area contributed by atoms with Crippen LogP contribution >= 0.6 is 8.60 Å². The molecule has 3 nitrogen and oxygen atoms in total. The van der Waals surface area contributed by atoms with Gasteiger partial charge in [0.15, 0.2) is 0 Å². The molecule has 0 bridgehead atoms. The van der Waals surface area contributed by atoms with Gasteiger partial charge in [-0.2, -0.15) is 0 Å². The molecule has 0 radical (unpaired) electrons. The van der Waals surface area contributed by atoms with Gasteiger partial charge in [0, 0.05) is 0 Å². The van der Waals surface area contributed by atoms with Gasteiger partial charge in [0.2, 0.25) is 0 Å².